The highest BCUT2D eigenvalue weighted by Gasteiger charge is 2.21. The predicted molar refractivity (Wildman–Crippen MR) is 171 cm³/mol. The quantitative estimate of drug-likeness (QED) is 0.208. The fraction of sp³-hybridized carbons (Fsp3) is 0.242. The summed E-state index contributed by atoms with van der Waals surface area (Å²) in [7, 11) is 4.21. The normalized spacial score (nSPS) is 14.5. The van der Waals surface area contributed by atoms with Gasteiger partial charge in [-0.15, -0.1) is 12.4 Å². The third-order valence-corrected chi connectivity index (χ3v) is 8.23. The minimum Gasteiger partial charge on any atom is -0.507 e. The molecule has 6 rings (SSSR count). The van der Waals surface area contributed by atoms with E-state index in [2.05, 4.69) is 61.5 Å². The van der Waals surface area contributed by atoms with Crippen LogP contribution in [0.15, 0.2) is 91.3 Å². The van der Waals surface area contributed by atoms with Gasteiger partial charge in [0, 0.05) is 39.1 Å². The lowest BCUT2D eigenvalue weighted by molar-refractivity contribution is 0.349. The number of benzene rings is 3. The molecule has 0 spiro atoms. The number of aryl methyl sites for hydroxylation is 1. The SMILES string of the molecule is CC1=CCc2c(cc3oc(C)cc(=O)c3c2O)OC1.CN(C)CCC=C1c2ccccc2Sc2ccc(Cl)cc21.Cl. The van der Waals surface area contributed by atoms with Gasteiger partial charge in [-0.05, 0) is 87.3 Å². The fourth-order valence-corrected chi connectivity index (χ4v) is 6.08. The van der Waals surface area contributed by atoms with Gasteiger partial charge in [-0.25, -0.2) is 0 Å². The molecule has 214 valence electrons. The minimum absolute atomic E-state index is 0. The lowest BCUT2D eigenvalue weighted by Gasteiger charge is -2.22. The highest BCUT2D eigenvalue weighted by molar-refractivity contribution is 7.99. The average Bonchev–Trinajstić information content (AvgIpc) is 3.10. The molecule has 4 aromatic rings. The Hall–Kier alpha value is -3.16. The summed E-state index contributed by atoms with van der Waals surface area (Å²) in [5.74, 6) is 1.05. The molecule has 8 heteroatoms. The van der Waals surface area contributed by atoms with Crippen LogP contribution in [-0.4, -0.2) is 37.3 Å². The van der Waals surface area contributed by atoms with Crippen LogP contribution in [0.3, 0.4) is 0 Å². The van der Waals surface area contributed by atoms with Crippen LogP contribution < -0.4 is 10.2 Å². The van der Waals surface area contributed by atoms with Crippen molar-refractivity contribution < 1.29 is 14.3 Å². The molecule has 0 unspecified atom stereocenters. The maximum Gasteiger partial charge on any atom is 0.196 e. The molecule has 2 aliphatic rings. The maximum absolute atomic E-state index is 12.0. The second-order valence-corrected chi connectivity index (χ2v) is 11.8. The van der Waals surface area contributed by atoms with Gasteiger partial charge in [0.2, 0.25) is 0 Å². The predicted octanol–water partition coefficient (Wildman–Crippen LogP) is 8.30. The Kier molecular flexibility index (Phi) is 9.92. The Balaban J connectivity index is 0.000000185. The van der Waals surface area contributed by atoms with Crippen LogP contribution in [0.1, 0.15) is 35.8 Å². The third kappa shape index (κ3) is 6.84. The first-order chi connectivity index (χ1) is 19.2. The first-order valence-electron chi connectivity index (χ1n) is 13.2. The molecule has 2 aliphatic heterocycles. The van der Waals surface area contributed by atoms with Crippen LogP contribution >= 0.6 is 35.8 Å². The number of hydrogen-bond acceptors (Lipinski definition) is 6. The molecule has 5 nitrogen and oxygen atoms in total. The number of halogens is 2. The lowest BCUT2D eigenvalue weighted by Crippen LogP contribution is -2.12. The second kappa shape index (κ2) is 13.2. The van der Waals surface area contributed by atoms with Crippen molar-refractivity contribution in [3.05, 3.63) is 110 Å². The van der Waals surface area contributed by atoms with Crippen LogP contribution in [0.5, 0.6) is 11.5 Å². The summed E-state index contributed by atoms with van der Waals surface area (Å²) in [6.07, 6.45) is 5.92. The number of rotatable bonds is 3. The molecule has 0 fully saturated rings. The van der Waals surface area contributed by atoms with Gasteiger partial charge < -0.3 is 19.2 Å². The summed E-state index contributed by atoms with van der Waals surface area (Å²) in [5.41, 5.74) is 5.74. The Morgan fingerprint density at radius 3 is 2.59 bits per heavy atom. The average molecular weight is 611 g/mol. The van der Waals surface area contributed by atoms with Crippen molar-refractivity contribution in [2.45, 2.75) is 36.5 Å². The second-order valence-electron chi connectivity index (χ2n) is 10.3. The number of fused-ring (bicyclic) bond motifs is 4. The molecule has 0 amide bonds. The molecule has 0 saturated carbocycles. The topological polar surface area (TPSA) is 62.9 Å². The molecule has 0 radical (unpaired) electrons. The molecule has 1 aromatic heterocycles. The molecule has 3 heterocycles. The molecule has 0 bridgehead atoms. The highest BCUT2D eigenvalue weighted by Crippen LogP contribution is 2.46. The van der Waals surface area contributed by atoms with E-state index in [9.17, 15) is 9.90 Å². The first kappa shape index (κ1) is 30.8. The molecule has 0 saturated heterocycles. The monoisotopic (exact) mass is 609 g/mol. The lowest BCUT2D eigenvalue weighted by atomic mass is 9.96. The summed E-state index contributed by atoms with van der Waals surface area (Å²) in [4.78, 5) is 16.8. The zero-order valence-electron chi connectivity index (χ0n) is 23.5. The van der Waals surface area contributed by atoms with Gasteiger partial charge >= 0.3 is 0 Å². The van der Waals surface area contributed by atoms with Gasteiger partial charge in [-0.2, -0.15) is 0 Å². The van der Waals surface area contributed by atoms with Crippen molar-refractivity contribution >= 4 is 52.3 Å². The van der Waals surface area contributed by atoms with Crippen molar-refractivity contribution in [3.63, 3.8) is 0 Å². The summed E-state index contributed by atoms with van der Waals surface area (Å²) < 4.78 is 11.1. The van der Waals surface area contributed by atoms with E-state index >= 15 is 0 Å². The van der Waals surface area contributed by atoms with Gasteiger partial charge in [-0.1, -0.05) is 53.7 Å². The zero-order chi connectivity index (χ0) is 28.4. The van der Waals surface area contributed by atoms with Crippen molar-refractivity contribution in [3.8, 4) is 11.5 Å². The van der Waals surface area contributed by atoms with Crippen molar-refractivity contribution in [1.82, 2.24) is 4.90 Å². The van der Waals surface area contributed by atoms with Crippen LogP contribution in [0.2, 0.25) is 5.02 Å². The maximum atomic E-state index is 12.0. The molecule has 0 atom stereocenters. The summed E-state index contributed by atoms with van der Waals surface area (Å²) in [6.45, 7) is 5.20. The van der Waals surface area contributed by atoms with E-state index in [1.54, 1.807) is 13.0 Å². The Labute approximate surface area is 255 Å². The van der Waals surface area contributed by atoms with E-state index in [0.29, 0.717) is 35.7 Å². The molecular formula is C33H33Cl2NO4S. The van der Waals surface area contributed by atoms with E-state index in [-0.39, 0.29) is 29.0 Å². The molecule has 0 aliphatic carbocycles. The van der Waals surface area contributed by atoms with Gasteiger partial charge in [0.15, 0.2) is 5.43 Å². The highest BCUT2D eigenvalue weighted by atomic mass is 35.5. The van der Waals surface area contributed by atoms with Gasteiger partial charge in [0.05, 0.1) is 0 Å². The van der Waals surface area contributed by atoms with Crippen LogP contribution in [0.4, 0.5) is 0 Å². The van der Waals surface area contributed by atoms with E-state index in [4.69, 9.17) is 20.8 Å². The first-order valence-corrected chi connectivity index (χ1v) is 14.4. The van der Waals surface area contributed by atoms with Crippen LogP contribution in [-0.2, 0) is 6.42 Å². The summed E-state index contributed by atoms with van der Waals surface area (Å²) in [6, 6.07) is 17.8. The number of nitrogens with zero attached hydrogens (tertiary/aromatic N) is 1. The minimum atomic E-state index is -0.232. The Morgan fingerprint density at radius 2 is 1.80 bits per heavy atom. The van der Waals surface area contributed by atoms with Crippen molar-refractivity contribution in [1.29, 1.82) is 0 Å². The van der Waals surface area contributed by atoms with Gasteiger partial charge in [0.25, 0.3) is 0 Å². The van der Waals surface area contributed by atoms with E-state index < -0.39 is 0 Å². The van der Waals surface area contributed by atoms with Gasteiger partial charge in [0.1, 0.15) is 34.8 Å². The van der Waals surface area contributed by atoms with Crippen molar-refractivity contribution in [2.75, 3.05) is 27.2 Å². The number of phenols is 1. The van der Waals surface area contributed by atoms with Gasteiger partial charge in [-0.3, -0.25) is 4.79 Å². The zero-order valence-corrected chi connectivity index (χ0v) is 25.9. The third-order valence-electron chi connectivity index (χ3n) is 6.84. The Bertz CT molecular complexity index is 1710. The molecule has 1 N–H and O–H groups in total. The number of phenolic OH excluding ortho intramolecular Hbond substituents is 1. The molecule has 41 heavy (non-hydrogen) atoms. The van der Waals surface area contributed by atoms with Crippen LogP contribution in [0, 0.1) is 6.92 Å². The number of allylic oxidation sites excluding steroid dienone is 1. The fourth-order valence-electron chi connectivity index (χ4n) is 4.82. The van der Waals surface area contributed by atoms with E-state index in [1.165, 1.54) is 32.6 Å². The largest absolute Gasteiger partial charge is 0.507 e. The number of aromatic hydroxyl groups is 1. The smallest absolute Gasteiger partial charge is 0.196 e. The standard InChI is InChI=1S/C18H18ClNS.C15H14O4.ClH/c1-20(2)11-5-7-14-15-6-3-4-8-17(15)21-18-10-9-13(19)12-16(14)18;1-8-3-4-10-12(18-7-8)6-13-14(15(10)17)11(16)5-9(2)19-13;/h3-4,6-10,12H,5,11H2,1-2H3;3,5-6,17H,4,7H2,1-2H3;1H. The van der Waals surface area contributed by atoms with E-state index in [0.717, 1.165) is 23.6 Å². The summed E-state index contributed by atoms with van der Waals surface area (Å²) >= 11 is 8.03. The van der Waals surface area contributed by atoms with Crippen molar-refractivity contribution in [2.24, 2.45) is 0 Å². The number of hydrogen-bond donors (Lipinski definition) is 1. The number of ether oxygens (including phenoxy) is 1. The molecule has 3 aromatic carbocycles. The molecular weight excluding hydrogens is 577 g/mol. The van der Waals surface area contributed by atoms with Crippen LogP contribution in [0.25, 0.3) is 16.5 Å². The van der Waals surface area contributed by atoms with E-state index in [1.807, 2.05) is 30.8 Å². The summed E-state index contributed by atoms with van der Waals surface area (Å²) in [5, 5.41) is 11.3. The Morgan fingerprint density at radius 1 is 1.05 bits per heavy atom.